The lowest BCUT2D eigenvalue weighted by Crippen LogP contribution is -2.33. The molecule has 0 spiro atoms. The van der Waals surface area contributed by atoms with E-state index in [1.54, 1.807) is 6.20 Å². The summed E-state index contributed by atoms with van der Waals surface area (Å²) in [6.45, 7) is 7.10. The Morgan fingerprint density at radius 1 is 1.44 bits per heavy atom. The maximum atomic E-state index is 12.0. The standard InChI is InChI=1S/C14H19N3O/c1-4-14(2,3)9-15-13(18)10-5-6-11-8-16-17-12(11)7-10/h5-8H,4,9H2,1-3H3,(H,15,18)(H,16,17). The Bertz CT molecular complexity index is 557. The monoisotopic (exact) mass is 245 g/mol. The first kappa shape index (κ1) is 12.6. The van der Waals surface area contributed by atoms with Gasteiger partial charge in [-0.3, -0.25) is 9.89 Å². The predicted molar refractivity (Wildman–Crippen MR) is 72.5 cm³/mol. The summed E-state index contributed by atoms with van der Waals surface area (Å²) in [6.07, 6.45) is 2.78. The summed E-state index contributed by atoms with van der Waals surface area (Å²) in [4.78, 5) is 12.0. The molecular weight excluding hydrogens is 226 g/mol. The van der Waals surface area contributed by atoms with Crippen LogP contribution in [-0.4, -0.2) is 22.6 Å². The van der Waals surface area contributed by atoms with Crippen LogP contribution in [0.3, 0.4) is 0 Å². The van der Waals surface area contributed by atoms with Crippen LogP contribution in [-0.2, 0) is 0 Å². The lowest BCUT2D eigenvalue weighted by Gasteiger charge is -2.22. The zero-order valence-electron chi connectivity index (χ0n) is 11.1. The highest BCUT2D eigenvalue weighted by molar-refractivity contribution is 5.97. The zero-order valence-corrected chi connectivity index (χ0v) is 11.1. The number of aromatic amines is 1. The van der Waals surface area contributed by atoms with Crippen molar-refractivity contribution in [3.05, 3.63) is 30.0 Å². The molecule has 0 radical (unpaired) electrons. The average Bonchev–Trinajstić information content (AvgIpc) is 2.83. The third kappa shape index (κ3) is 2.70. The van der Waals surface area contributed by atoms with Gasteiger partial charge in [-0.25, -0.2) is 0 Å². The molecule has 0 aliphatic carbocycles. The van der Waals surface area contributed by atoms with Gasteiger partial charge in [-0.2, -0.15) is 5.10 Å². The van der Waals surface area contributed by atoms with E-state index in [4.69, 9.17) is 0 Å². The van der Waals surface area contributed by atoms with Crippen LogP contribution in [0.25, 0.3) is 10.9 Å². The molecule has 4 heteroatoms. The van der Waals surface area contributed by atoms with Gasteiger partial charge in [-0.1, -0.05) is 26.8 Å². The number of nitrogens with zero attached hydrogens (tertiary/aromatic N) is 1. The smallest absolute Gasteiger partial charge is 0.251 e. The lowest BCUT2D eigenvalue weighted by atomic mass is 9.90. The van der Waals surface area contributed by atoms with E-state index in [1.807, 2.05) is 18.2 Å². The van der Waals surface area contributed by atoms with E-state index in [2.05, 4.69) is 36.3 Å². The molecule has 0 aliphatic rings. The number of hydrogen-bond acceptors (Lipinski definition) is 2. The van der Waals surface area contributed by atoms with Crippen molar-refractivity contribution in [3.63, 3.8) is 0 Å². The number of nitrogens with one attached hydrogen (secondary N) is 2. The Hall–Kier alpha value is -1.84. The van der Waals surface area contributed by atoms with Crippen LogP contribution in [0.15, 0.2) is 24.4 Å². The van der Waals surface area contributed by atoms with Crippen LogP contribution in [0.4, 0.5) is 0 Å². The summed E-state index contributed by atoms with van der Waals surface area (Å²) in [5, 5.41) is 10.8. The second-order valence-electron chi connectivity index (χ2n) is 5.37. The Kier molecular flexibility index (Phi) is 3.36. The van der Waals surface area contributed by atoms with Gasteiger partial charge in [0.15, 0.2) is 0 Å². The Morgan fingerprint density at radius 3 is 2.94 bits per heavy atom. The highest BCUT2D eigenvalue weighted by Gasteiger charge is 2.16. The van der Waals surface area contributed by atoms with Crippen molar-refractivity contribution in [1.82, 2.24) is 15.5 Å². The van der Waals surface area contributed by atoms with E-state index in [9.17, 15) is 4.79 Å². The summed E-state index contributed by atoms with van der Waals surface area (Å²) in [6, 6.07) is 5.56. The molecule has 0 unspecified atom stereocenters. The van der Waals surface area contributed by atoms with Crippen LogP contribution < -0.4 is 5.32 Å². The normalized spacial score (nSPS) is 11.7. The predicted octanol–water partition coefficient (Wildman–Crippen LogP) is 2.73. The summed E-state index contributed by atoms with van der Waals surface area (Å²) < 4.78 is 0. The summed E-state index contributed by atoms with van der Waals surface area (Å²) in [5.74, 6) is -0.0342. The molecule has 2 aromatic rings. The highest BCUT2D eigenvalue weighted by Crippen LogP contribution is 2.18. The molecule has 4 nitrogen and oxygen atoms in total. The molecule has 0 bridgehead atoms. The van der Waals surface area contributed by atoms with Crippen LogP contribution in [0.2, 0.25) is 0 Å². The van der Waals surface area contributed by atoms with Gasteiger partial charge in [0.25, 0.3) is 5.91 Å². The largest absolute Gasteiger partial charge is 0.352 e. The highest BCUT2D eigenvalue weighted by atomic mass is 16.1. The first-order valence-electron chi connectivity index (χ1n) is 6.23. The van der Waals surface area contributed by atoms with Crippen LogP contribution in [0.5, 0.6) is 0 Å². The van der Waals surface area contributed by atoms with Gasteiger partial charge in [0.2, 0.25) is 0 Å². The average molecular weight is 245 g/mol. The molecule has 96 valence electrons. The van der Waals surface area contributed by atoms with E-state index < -0.39 is 0 Å². The summed E-state index contributed by atoms with van der Waals surface area (Å²) in [7, 11) is 0. The Labute approximate surface area is 107 Å². The van der Waals surface area contributed by atoms with Crippen molar-refractivity contribution in [1.29, 1.82) is 0 Å². The number of aromatic nitrogens is 2. The molecule has 0 aliphatic heterocycles. The number of H-pyrrole nitrogens is 1. The number of benzene rings is 1. The minimum atomic E-state index is -0.0342. The van der Waals surface area contributed by atoms with Gasteiger partial charge in [0.1, 0.15) is 0 Å². The second kappa shape index (κ2) is 4.80. The van der Waals surface area contributed by atoms with Crippen molar-refractivity contribution in [2.24, 2.45) is 5.41 Å². The maximum absolute atomic E-state index is 12.0. The zero-order chi connectivity index (χ0) is 13.2. The fourth-order valence-electron chi connectivity index (χ4n) is 1.62. The minimum Gasteiger partial charge on any atom is -0.352 e. The third-order valence-electron chi connectivity index (χ3n) is 3.39. The molecule has 0 fully saturated rings. The fourth-order valence-corrected chi connectivity index (χ4v) is 1.62. The number of fused-ring (bicyclic) bond motifs is 1. The van der Waals surface area contributed by atoms with E-state index in [0.29, 0.717) is 12.1 Å². The minimum absolute atomic E-state index is 0.0342. The van der Waals surface area contributed by atoms with Crippen molar-refractivity contribution >= 4 is 16.8 Å². The first-order chi connectivity index (χ1) is 8.52. The molecule has 2 N–H and O–H groups in total. The van der Waals surface area contributed by atoms with Crippen LogP contribution >= 0.6 is 0 Å². The molecule has 18 heavy (non-hydrogen) atoms. The quantitative estimate of drug-likeness (QED) is 0.870. The van der Waals surface area contributed by atoms with Gasteiger partial charge in [-0.15, -0.1) is 0 Å². The van der Waals surface area contributed by atoms with Crippen LogP contribution in [0.1, 0.15) is 37.6 Å². The van der Waals surface area contributed by atoms with Crippen molar-refractivity contribution in [2.75, 3.05) is 6.54 Å². The topological polar surface area (TPSA) is 57.8 Å². The molecule has 0 saturated heterocycles. The number of carbonyl (C=O) groups excluding carboxylic acids is 1. The van der Waals surface area contributed by atoms with Crippen molar-refractivity contribution in [3.8, 4) is 0 Å². The number of rotatable bonds is 4. The number of carbonyl (C=O) groups is 1. The molecule has 1 heterocycles. The molecule has 2 rings (SSSR count). The van der Waals surface area contributed by atoms with Crippen molar-refractivity contribution in [2.45, 2.75) is 27.2 Å². The third-order valence-corrected chi connectivity index (χ3v) is 3.39. The van der Waals surface area contributed by atoms with Gasteiger partial charge in [-0.05, 0) is 24.0 Å². The molecule has 1 aromatic heterocycles. The number of hydrogen-bond donors (Lipinski definition) is 2. The lowest BCUT2D eigenvalue weighted by molar-refractivity contribution is 0.0936. The van der Waals surface area contributed by atoms with Gasteiger partial charge in [0, 0.05) is 17.5 Å². The van der Waals surface area contributed by atoms with Crippen LogP contribution in [0, 0.1) is 5.41 Å². The first-order valence-corrected chi connectivity index (χ1v) is 6.23. The Morgan fingerprint density at radius 2 is 2.22 bits per heavy atom. The Balaban J connectivity index is 2.08. The van der Waals surface area contributed by atoms with E-state index in [-0.39, 0.29) is 11.3 Å². The maximum Gasteiger partial charge on any atom is 0.251 e. The van der Waals surface area contributed by atoms with E-state index >= 15 is 0 Å². The second-order valence-corrected chi connectivity index (χ2v) is 5.37. The fraction of sp³-hybridized carbons (Fsp3) is 0.429. The summed E-state index contributed by atoms with van der Waals surface area (Å²) in [5.41, 5.74) is 1.68. The van der Waals surface area contributed by atoms with Gasteiger partial charge >= 0.3 is 0 Å². The van der Waals surface area contributed by atoms with Crippen molar-refractivity contribution < 1.29 is 4.79 Å². The van der Waals surface area contributed by atoms with E-state index in [1.165, 1.54) is 0 Å². The van der Waals surface area contributed by atoms with Gasteiger partial charge in [0.05, 0.1) is 11.7 Å². The van der Waals surface area contributed by atoms with E-state index in [0.717, 1.165) is 17.3 Å². The molecule has 1 amide bonds. The molecule has 1 aromatic carbocycles. The van der Waals surface area contributed by atoms with Gasteiger partial charge < -0.3 is 5.32 Å². The molecular formula is C14H19N3O. The molecule has 0 saturated carbocycles. The SMILES string of the molecule is CCC(C)(C)CNC(=O)c1ccc2cn[nH]c2c1. The molecule has 0 atom stereocenters. The number of amides is 1. The summed E-state index contributed by atoms with van der Waals surface area (Å²) >= 11 is 0.